The predicted octanol–water partition coefficient (Wildman–Crippen LogP) is -0.192. The first-order valence-electron chi connectivity index (χ1n) is 4.57. The Labute approximate surface area is 87.9 Å². The lowest BCUT2D eigenvalue weighted by molar-refractivity contribution is 0.580. The van der Waals surface area contributed by atoms with E-state index in [4.69, 9.17) is 5.84 Å². The third-order valence-corrected chi connectivity index (χ3v) is 3.60. The van der Waals surface area contributed by atoms with Crippen molar-refractivity contribution in [3.8, 4) is 0 Å². The van der Waals surface area contributed by atoms with Gasteiger partial charge in [0.05, 0.1) is 0 Å². The molecule has 0 aliphatic heterocycles. The van der Waals surface area contributed by atoms with Gasteiger partial charge >= 0.3 is 0 Å². The molecular formula is C8H12N4O2S. The lowest BCUT2D eigenvalue weighted by Crippen LogP contribution is -2.25. The van der Waals surface area contributed by atoms with Crippen LogP contribution < -0.4 is 16.0 Å². The SMILES string of the molecule is NNc1ccc(S(=O)(=O)NC2CC2)cn1. The number of nitrogens with one attached hydrogen (secondary N) is 2. The Balaban J connectivity index is 2.19. The minimum Gasteiger partial charge on any atom is -0.308 e. The number of nitrogens with zero attached hydrogens (tertiary/aromatic N) is 1. The highest BCUT2D eigenvalue weighted by Crippen LogP contribution is 2.22. The van der Waals surface area contributed by atoms with Crippen LogP contribution in [0.3, 0.4) is 0 Å². The summed E-state index contributed by atoms with van der Waals surface area (Å²) in [4.78, 5) is 4.00. The molecule has 0 amide bonds. The number of nitrogens with two attached hydrogens (primary N) is 1. The predicted molar refractivity (Wildman–Crippen MR) is 55.4 cm³/mol. The summed E-state index contributed by atoms with van der Waals surface area (Å²) < 4.78 is 25.9. The van der Waals surface area contributed by atoms with E-state index >= 15 is 0 Å². The van der Waals surface area contributed by atoms with Gasteiger partial charge in [0.15, 0.2) is 0 Å². The first-order valence-corrected chi connectivity index (χ1v) is 6.05. The lowest BCUT2D eigenvalue weighted by atomic mass is 10.5. The molecule has 15 heavy (non-hydrogen) atoms. The van der Waals surface area contributed by atoms with Crippen LogP contribution in [0, 0.1) is 0 Å². The maximum Gasteiger partial charge on any atom is 0.242 e. The first kappa shape index (κ1) is 10.3. The number of hydrogen-bond acceptors (Lipinski definition) is 5. The first-order chi connectivity index (χ1) is 7.12. The van der Waals surface area contributed by atoms with Crippen LogP contribution in [0.15, 0.2) is 23.2 Å². The average molecular weight is 228 g/mol. The van der Waals surface area contributed by atoms with E-state index in [1.807, 2.05) is 0 Å². The summed E-state index contributed by atoms with van der Waals surface area (Å²) in [5.41, 5.74) is 2.33. The van der Waals surface area contributed by atoms with Crippen molar-refractivity contribution >= 4 is 15.8 Å². The summed E-state index contributed by atoms with van der Waals surface area (Å²) in [5.74, 6) is 5.55. The Kier molecular flexibility index (Phi) is 2.59. The van der Waals surface area contributed by atoms with E-state index in [2.05, 4.69) is 15.1 Å². The van der Waals surface area contributed by atoms with Crippen LogP contribution in [0.4, 0.5) is 5.82 Å². The Hall–Kier alpha value is -1.18. The van der Waals surface area contributed by atoms with E-state index in [0.29, 0.717) is 5.82 Å². The normalized spacial score (nSPS) is 16.3. The van der Waals surface area contributed by atoms with E-state index < -0.39 is 10.0 Å². The van der Waals surface area contributed by atoms with Crippen LogP contribution >= 0.6 is 0 Å². The number of pyridine rings is 1. The molecule has 1 fully saturated rings. The van der Waals surface area contributed by atoms with Crippen molar-refractivity contribution in [1.29, 1.82) is 0 Å². The molecule has 0 bridgehead atoms. The summed E-state index contributed by atoms with van der Waals surface area (Å²) in [7, 11) is -3.40. The molecule has 2 rings (SSSR count). The fourth-order valence-electron chi connectivity index (χ4n) is 1.11. The smallest absolute Gasteiger partial charge is 0.242 e. The summed E-state index contributed by atoms with van der Waals surface area (Å²) in [5, 5.41) is 0. The van der Waals surface area contributed by atoms with Gasteiger partial charge in [-0.1, -0.05) is 0 Å². The van der Waals surface area contributed by atoms with Crippen molar-refractivity contribution in [3.05, 3.63) is 18.3 Å². The summed E-state index contributed by atoms with van der Waals surface area (Å²) in [6.07, 6.45) is 3.10. The zero-order valence-corrected chi connectivity index (χ0v) is 8.79. The number of aromatic nitrogens is 1. The second-order valence-electron chi connectivity index (χ2n) is 3.42. The van der Waals surface area contributed by atoms with Crippen LogP contribution in [-0.2, 0) is 10.0 Å². The zero-order chi connectivity index (χ0) is 10.9. The highest BCUT2D eigenvalue weighted by molar-refractivity contribution is 7.89. The quantitative estimate of drug-likeness (QED) is 0.490. The third-order valence-electron chi connectivity index (χ3n) is 2.09. The number of hydrazine groups is 1. The number of nitrogen functional groups attached to an aromatic ring is 1. The molecule has 4 N–H and O–H groups in total. The number of hydrogen-bond donors (Lipinski definition) is 3. The van der Waals surface area contributed by atoms with Crippen LogP contribution in [0.1, 0.15) is 12.8 Å². The number of rotatable bonds is 4. The fourth-order valence-corrected chi connectivity index (χ4v) is 2.36. The Morgan fingerprint density at radius 2 is 2.13 bits per heavy atom. The molecule has 0 atom stereocenters. The second-order valence-corrected chi connectivity index (χ2v) is 5.13. The topological polar surface area (TPSA) is 97.1 Å². The number of anilines is 1. The van der Waals surface area contributed by atoms with Crippen molar-refractivity contribution in [2.45, 2.75) is 23.8 Å². The summed E-state index contributed by atoms with van der Waals surface area (Å²) in [6, 6.07) is 3.08. The highest BCUT2D eigenvalue weighted by Gasteiger charge is 2.27. The van der Waals surface area contributed by atoms with Gasteiger partial charge in [-0.2, -0.15) is 0 Å². The highest BCUT2D eigenvalue weighted by atomic mass is 32.2. The molecule has 1 aliphatic rings. The van der Waals surface area contributed by atoms with E-state index in [0.717, 1.165) is 12.8 Å². The van der Waals surface area contributed by atoms with Gasteiger partial charge in [-0.25, -0.2) is 24.0 Å². The van der Waals surface area contributed by atoms with Crippen molar-refractivity contribution in [1.82, 2.24) is 9.71 Å². The minimum absolute atomic E-state index is 0.0994. The van der Waals surface area contributed by atoms with Gasteiger partial charge < -0.3 is 5.43 Å². The van der Waals surface area contributed by atoms with Gasteiger partial charge in [-0.05, 0) is 25.0 Å². The van der Waals surface area contributed by atoms with Crippen molar-refractivity contribution in [2.75, 3.05) is 5.43 Å². The Morgan fingerprint density at radius 3 is 2.60 bits per heavy atom. The van der Waals surface area contributed by atoms with Crippen LogP contribution in [-0.4, -0.2) is 19.4 Å². The molecule has 0 unspecified atom stereocenters. The minimum atomic E-state index is -3.40. The molecule has 1 aromatic heterocycles. The Morgan fingerprint density at radius 1 is 1.40 bits per heavy atom. The van der Waals surface area contributed by atoms with Crippen molar-refractivity contribution < 1.29 is 8.42 Å². The molecular weight excluding hydrogens is 216 g/mol. The van der Waals surface area contributed by atoms with Gasteiger partial charge in [-0.3, -0.25) is 0 Å². The van der Waals surface area contributed by atoms with Crippen LogP contribution in [0.5, 0.6) is 0 Å². The zero-order valence-electron chi connectivity index (χ0n) is 7.97. The largest absolute Gasteiger partial charge is 0.308 e. The standard InChI is InChI=1S/C8H12N4O2S/c9-11-8-4-3-7(5-10-8)15(13,14)12-6-1-2-6/h3-6,12H,1-2,9H2,(H,10,11). The lowest BCUT2D eigenvalue weighted by Gasteiger charge is -2.05. The molecule has 0 aromatic carbocycles. The molecule has 1 saturated carbocycles. The van der Waals surface area contributed by atoms with E-state index in [1.165, 1.54) is 18.3 Å². The molecule has 1 aromatic rings. The van der Waals surface area contributed by atoms with Gasteiger partial charge in [0, 0.05) is 12.2 Å². The Bertz CT molecular complexity index is 438. The van der Waals surface area contributed by atoms with Gasteiger partial charge in [0.2, 0.25) is 10.0 Å². The van der Waals surface area contributed by atoms with E-state index in [1.54, 1.807) is 0 Å². The second kappa shape index (κ2) is 3.76. The van der Waals surface area contributed by atoms with Crippen LogP contribution in [0.25, 0.3) is 0 Å². The fraction of sp³-hybridized carbons (Fsp3) is 0.375. The molecule has 0 spiro atoms. The van der Waals surface area contributed by atoms with Crippen molar-refractivity contribution in [3.63, 3.8) is 0 Å². The van der Waals surface area contributed by atoms with Gasteiger partial charge in [0.1, 0.15) is 10.7 Å². The maximum atomic E-state index is 11.7. The van der Waals surface area contributed by atoms with Crippen molar-refractivity contribution in [2.24, 2.45) is 5.84 Å². The molecule has 1 heterocycles. The van der Waals surface area contributed by atoms with Gasteiger partial charge in [0.25, 0.3) is 0 Å². The summed E-state index contributed by atoms with van der Waals surface area (Å²) >= 11 is 0. The molecule has 1 aliphatic carbocycles. The molecule has 6 nitrogen and oxygen atoms in total. The molecule has 7 heteroatoms. The van der Waals surface area contributed by atoms with Gasteiger partial charge in [-0.15, -0.1) is 0 Å². The molecule has 82 valence electrons. The van der Waals surface area contributed by atoms with Crippen LogP contribution in [0.2, 0.25) is 0 Å². The number of sulfonamides is 1. The van der Waals surface area contributed by atoms with E-state index in [9.17, 15) is 8.42 Å². The third kappa shape index (κ3) is 2.44. The maximum absolute atomic E-state index is 11.7. The summed E-state index contributed by atoms with van der Waals surface area (Å²) in [6.45, 7) is 0. The molecule has 0 saturated heterocycles. The monoisotopic (exact) mass is 228 g/mol. The van der Waals surface area contributed by atoms with E-state index in [-0.39, 0.29) is 10.9 Å². The average Bonchev–Trinajstić information content (AvgIpc) is 3.01. The molecule has 0 radical (unpaired) electrons.